The lowest BCUT2D eigenvalue weighted by Crippen LogP contribution is -2.14. The van der Waals surface area contributed by atoms with E-state index in [0.717, 1.165) is 47.6 Å². The van der Waals surface area contributed by atoms with E-state index in [1.54, 1.807) is 24.3 Å². The molecule has 43 heavy (non-hydrogen) atoms. The molecule has 0 amide bonds. The Morgan fingerprint density at radius 1 is 1.07 bits per heavy atom. The number of hydrogen-bond donors (Lipinski definition) is 0. The first-order chi connectivity index (χ1) is 20.9. The van der Waals surface area contributed by atoms with E-state index in [1.165, 1.54) is 13.2 Å². The van der Waals surface area contributed by atoms with Crippen LogP contribution in [0.15, 0.2) is 72.8 Å². The van der Waals surface area contributed by atoms with Gasteiger partial charge in [-0.05, 0) is 54.4 Å². The summed E-state index contributed by atoms with van der Waals surface area (Å²) in [7, 11) is 1.37. The molecule has 0 unspecified atom stereocenters. The van der Waals surface area contributed by atoms with Crippen molar-refractivity contribution in [1.29, 1.82) is 0 Å². The van der Waals surface area contributed by atoms with Gasteiger partial charge < -0.3 is 18.8 Å². The van der Waals surface area contributed by atoms with E-state index in [-0.39, 0.29) is 12.6 Å². The lowest BCUT2D eigenvalue weighted by molar-refractivity contribution is 0.0601. The molecule has 3 heterocycles. The molecule has 1 atom stereocenters. The molecule has 1 saturated heterocycles. The summed E-state index contributed by atoms with van der Waals surface area (Å²) >= 11 is 12.6. The normalized spacial score (nSPS) is 14.7. The second-order valence-electron chi connectivity index (χ2n) is 10.4. The molecule has 0 saturated carbocycles. The summed E-state index contributed by atoms with van der Waals surface area (Å²) < 4.78 is 32.7. The average molecular weight is 621 g/mol. The van der Waals surface area contributed by atoms with Crippen LogP contribution in [0.25, 0.3) is 22.3 Å². The van der Waals surface area contributed by atoms with Crippen LogP contribution in [0.3, 0.4) is 0 Å². The Kier molecular flexibility index (Phi) is 8.61. The third-order valence-corrected chi connectivity index (χ3v) is 8.05. The van der Waals surface area contributed by atoms with Gasteiger partial charge in [-0.2, -0.15) is 0 Å². The summed E-state index contributed by atoms with van der Waals surface area (Å²) in [4.78, 5) is 21.7. The van der Waals surface area contributed by atoms with Crippen molar-refractivity contribution >= 4 is 40.2 Å². The summed E-state index contributed by atoms with van der Waals surface area (Å²) in [5.41, 5.74) is 4.91. The quantitative estimate of drug-likeness (QED) is 0.159. The maximum absolute atomic E-state index is 14.2. The number of imidazole rings is 1. The highest BCUT2D eigenvalue weighted by Gasteiger charge is 2.21. The van der Waals surface area contributed by atoms with Gasteiger partial charge in [-0.25, -0.2) is 19.2 Å². The molecule has 2 aromatic heterocycles. The molecule has 1 aliphatic heterocycles. The summed E-state index contributed by atoms with van der Waals surface area (Å²) in [6.07, 6.45) is 1.51. The molecule has 6 rings (SSSR count). The fraction of sp³-hybridized carbons (Fsp3) is 0.242. The molecule has 0 radical (unpaired) electrons. The molecule has 5 aromatic rings. The largest absolute Gasteiger partial charge is 0.473 e. The van der Waals surface area contributed by atoms with Crippen LogP contribution >= 0.6 is 23.2 Å². The Morgan fingerprint density at radius 2 is 1.95 bits per heavy atom. The van der Waals surface area contributed by atoms with Crippen molar-refractivity contribution in [1.82, 2.24) is 14.5 Å². The third-order valence-electron chi connectivity index (χ3n) is 7.50. The molecule has 7 nitrogen and oxygen atoms in total. The molecule has 0 spiro atoms. The number of nitrogens with zero attached hydrogens (tertiary/aromatic N) is 3. The highest BCUT2D eigenvalue weighted by atomic mass is 35.5. The Hall–Kier alpha value is -3.98. The van der Waals surface area contributed by atoms with Gasteiger partial charge in [0.15, 0.2) is 0 Å². The Bertz CT molecular complexity index is 1800. The van der Waals surface area contributed by atoms with Gasteiger partial charge in [0.25, 0.3) is 0 Å². The first kappa shape index (κ1) is 29.1. The second kappa shape index (κ2) is 12.7. The monoisotopic (exact) mass is 619 g/mol. The minimum atomic E-state index is -0.434. The van der Waals surface area contributed by atoms with Crippen LogP contribution in [0.2, 0.25) is 10.0 Å². The number of esters is 1. The van der Waals surface area contributed by atoms with E-state index in [0.29, 0.717) is 51.7 Å². The van der Waals surface area contributed by atoms with Crippen LogP contribution in [0.4, 0.5) is 4.39 Å². The Morgan fingerprint density at radius 3 is 2.72 bits per heavy atom. The topological polar surface area (TPSA) is 75.5 Å². The molecule has 0 bridgehead atoms. The van der Waals surface area contributed by atoms with Crippen LogP contribution in [0, 0.1) is 11.7 Å². The minimum Gasteiger partial charge on any atom is -0.473 e. The number of pyridine rings is 1. The summed E-state index contributed by atoms with van der Waals surface area (Å²) in [5.74, 6) is 0.763. The summed E-state index contributed by atoms with van der Waals surface area (Å²) in [6.45, 7) is 2.19. The SMILES string of the molecule is COC(=O)c1ccc2nc(Cc3ccc(-c4cccc(OCc5ccc(Cl)cc5F)n4)c(Cl)c3)n(C[C@@H]3CCOC3)c2c1. The van der Waals surface area contributed by atoms with Gasteiger partial charge in [0.2, 0.25) is 5.88 Å². The third kappa shape index (κ3) is 6.51. The smallest absolute Gasteiger partial charge is 0.337 e. The Labute approximate surface area is 258 Å². The molecule has 3 aromatic carbocycles. The number of carbonyl (C=O) groups is 1. The van der Waals surface area contributed by atoms with Crippen molar-refractivity contribution in [2.75, 3.05) is 20.3 Å². The van der Waals surface area contributed by atoms with Crippen molar-refractivity contribution in [2.24, 2.45) is 5.92 Å². The van der Waals surface area contributed by atoms with Crippen molar-refractivity contribution in [2.45, 2.75) is 26.0 Å². The van der Waals surface area contributed by atoms with Crippen molar-refractivity contribution in [3.8, 4) is 17.1 Å². The lowest BCUT2D eigenvalue weighted by atomic mass is 10.1. The van der Waals surface area contributed by atoms with Crippen molar-refractivity contribution in [3.63, 3.8) is 0 Å². The molecule has 10 heteroatoms. The number of ether oxygens (including phenoxy) is 3. The molecule has 220 valence electrons. The van der Waals surface area contributed by atoms with Gasteiger partial charge in [0, 0.05) is 47.7 Å². The highest BCUT2D eigenvalue weighted by molar-refractivity contribution is 6.33. The predicted molar refractivity (Wildman–Crippen MR) is 163 cm³/mol. The van der Waals surface area contributed by atoms with Gasteiger partial charge in [0.05, 0.1) is 41.0 Å². The van der Waals surface area contributed by atoms with E-state index in [2.05, 4.69) is 9.55 Å². The van der Waals surface area contributed by atoms with Crippen LogP contribution in [-0.2, 0) is 29.0 Å². The number of halogens is 3. The van der Waals surface area contributed by atoms with Gasteiger partial charge in [-0.1, -0.05) is 47.5 Å². The Balaban J connectivity index is 1.24. The number of benzene rings is 3. The van der Waals surface area contributed by atoms with Gasteiger partial charge in [0.1, 0.15) is 18.2 Å². The van der Waals surface area contributed by atoms with Crippen molar-refractivity contribution < 1.29 is 23.4 Å². The fourth-order valence-electron chi connectivity index (χ4n) is 5.24. The average Bonchev–Trinajstić information content (AvgIpc) is 3.64. The van der Waals surface area contributed by atoms with E-state index in [4.69, 9.17) is 42.4 Å². The maximum Gasteiger partial charge on any atom is 0.337 e. The maximum atomic E-state index is 14.2. The number of carbonyl (C=O) groups excluding carboxylic acids is 1. The standard InChI is InChI=1S/C33H28Cl2FN3O4/c1-41-33(40)22-7-10-29-30(15-22)39(17-21-11-12-42-18-21)31(37-29)14-20-5-9-25(26(35)13-20)28-3-2-4-32(38-28)43-19-23-6-8-24(34)16-27(23)36/h2-10,13,15-16,21H,11-12,14,17-19H2,1H3/t21-/m0/s1. The fourth-order valence-corrected chi connectivity index (χ4v) is 5.69. The number of methoxy groups -OCH3 is 1. The molecule has 1 aliphatic rings. The van der Waals surface area contributed by atoms with E-state index < -0.39 is 5.82 Å². The lowest BCUT2D eigenvalue weighted by Gasteiger charge is -2.14. The number of fused-ring (bicyclic) bond motifs is 1. The first-order valence-corrected chi connectivity index (χ1v) is 14.6. The van der Waals surface area contributed by atoms with Crippen molar-refractivity contribution in [3.05, 3.63) is 111 Å². The molecule has 0 N–H and O–H groups in total. The van der Waals surface area contributed by atoms with E-state index >= 15 is 0 Å². The highest BCUT2D eigenvalue weighted by Crippen LogP contribution is 2.31. The van der Waals surface area contributed by atoms with Gasteiger partial charge >= 0.3 is 5.97 Å². The summed E-state index contributed by atoms with van der Waals surface area (Å²) in [6, 6.07) is 21.1. The molecule has 1 fully saturated rings. The zero-order valence-corrected chi connectivity index (χ0v) is 24.9. The van der Waals surface area contributed by atoms with Crippen LogP contribution in [-0.4, -0.2) is 40.8 Å². The van der Waals surface area contributed by atoms with Crippen LogP contribution in [0.1, 0.15) is 33.7 Å². The van der Waals surface area contributed by atoms with Gasteiger partial charge in [-0.15, -0.1) is 0 Å². The number of aromatic nitrogens is 3. The van der Waals surface area contributed by atoms with Crippen LogP contribution < -0.4 is 4.74 Å². The molecular formula is C33H28Cl2FN3O4. The zero-order valence-electron chi connectivity index (χ0n) is 23.4. The molecular weight excluding hydrogens is 592 g/mol. The minimum absolute atomic E-state index is 0.0151. The van der Waals surface area contributed by atoms with E-state index in [9.17, 15) is 9.18 Å². The zero-order chi connectivity index (χ0) is 29.9. The van der Waals surface area contributed by atoms with Gasteiger partial charge in [-0.3, -0.25) is 0 Å². The summed E-state index contributed by atoms with van der Waals surface area (Å²) in [5, 5.41) is 0.860. The second-order valence-corrected chi connectivity index (χ2v) is 11.3. The number of rotatable bonds is 9. The predicted octanol–water partition coefficient (Wildman–Crippen LogP) is 7.54. The first-order valence-electron chi connectivity index (χ1n) is 13.9. The number of hydrogen-bond acceptors (Lipinski definition) is 6. The van der Waals surface area contributed by atoms with E-state index in [1.807, 2.05) is 42.5 Å². The van der Waals surface area contributed by atoms with Crippen LogP contribution in [0.5, 0.6) is 5.88 Å². The molecule has 0 aliphatic carbocycles.